The van der Waals surface area contributed by atoms with Gasteiger partial charge in [0.1, 0.15) is 12.4 Å². The number of nitrogens with zero attached hydrogens (tertiary/aromatic N) is 2. The van der Waals surface area contributed by atoms with Crippen LogP contribution in [0.15, 0.2) is 40.5 Å². The van der Waals surface area contributed by atoms with Crippen LogP contribution in [0.1, 0.15) is 21.5 Å². The molecule has 0 aliphatic heterocycles. The summed E-state index contributed by atoms with van der Waals surface area (Å²) in [4.78, 5) is 11.5. The van der Waals surface area contributed by atoms with Gasteiger partial charge in [0.15, 0.2) is 17.3 Å². The van der Waals surface area contributed by atoms with Gasteiger partial charge < -0.3 is 24.8 Å². The number of rotatable bonds is 7. The van der Waals surface area contributed by atoms with Gasteiger partial charge in [-0.15, -0.1) is 0 Å². The van der Waals surface area contributed by atoms with Gasteiger partial charge >= 0.3 is 0 Å². The number of hydrogen-bond acceptors (Lipinski definition) is 8. The highest BCUT2D eigenvalue weighted by Gasteiger charge is 2.11. The molecule has 2 rings (SSSR count). The van der Waals surface area contributed by atoms with E-state index >= 15 is 0 Å². The summed E-state index contributed by atoms with van der Waals surface area (Å²) >= 11 is 0. The number of ketones is 1. The normalized spacial score (nSPS) is 11.2. The minimum atomic E-state index is -0.698. The van der Waals surface area contributed by atoms with E-state index in [0.717, 1.165) is 0 Å². The largest absolute Gasteiger partial charge is 0.507 e. The number of phenolic OH excluding ortho intramolecular Hbond substituents is 2. The first-order valence-electron chi connectivity index (χ1n) is 7.48. The molecule has 0 aliphatic carbocycles. The van der Waals surface area contributed by atoms with Crippen LogP contribution < -0.4 is 9.47 Å². The van der Waals surface area contributed by atoms with Crippen molar-refractivity contribution in [2.24, 2.45) is 10.2 Å². The van der Waals surface area contributed by atoms with E-state index in [4.69, 9.17) is 14.6 Å². The van der Waals surface area contributed by atoms with Crippen LogP contribution in [0.2, 0.25) is 0 Å². The van der Waals surface area contributed by atoms with Crippen LogP contribution in [-0.4, -0.2) is 54.4 Å². The number of hydrogen-bond donors (Lipinski definition) is 3. The SMILES string of the molecule is COc1cc(/C=N/N=C/c2ccc(O)c(C(=O)CO)c2)cc(OC)c1O. The van der Waals surface area contributed by atoms with Gasteiger partial charge in [-0.25, -0.2) is 0 Å². The summed E-state index contributed by atoms with van der Waals surface area (Å²) in [5, 5.41) is 36.1. The van der Waals surface area contributed by atoms with Crippen molar-refractivity contribution in [2.45, 2.75) is 0 Å². The summed E-state index contributed by atoms with van der Waals surface area (Å²) in [6, 6.07) is 7.42. The minimum absolute atomic E-state index is 0.00781. The van der Waals surface area contributed by atoms with Crippen LogP contribution in [0.4, 0.5) is 0 Å². The van der Waals surface area contributed by atoms with Gasteiger partial charge in [0, 0.05) is 5.56 Å². The number of carbonyl (C=O) groups excluding carboxylic acids is 1. The standard InChI is InChI=1S/C18H18N2O6/c1-25-16-6-12(7-17(26-2)18(16)24)9-20-19-8-11-3-4-14(22)13(5-11)15(23)10-21/h3-9,21-22,24H,10H2,1-2H3/b19-8+,20-9+. The second kappa shape index (κ2) is 8.63. The van der Waals surface area contributed by atoms with E-state index in [1.54, 1.807) is 18.2 Å². The van der Waals surface area contributed by atoms with E-state index in [1.165, 1.54) is 38.8 Å². The molecule has 8 nitrogen and oxygen atoms in total. The van der Waals surface area contributed by atoms with Crippen molar-refractivity contribution in [1.29, 1.82) is 0 Å². The lowest BCUT2D eigenvalue weighted by molar-refractivity contribution is 0.0901. The maximum Gasteiger partial charge on any atom is 0.200 e. The Kier molecular flexibility index (Phi) is 6.29. The molecule has 0 atom stereocenters. The van der Waals surface area contributed by atoms with Crippen molar-refractivity contribution in [1.82, 2.24) is 0 Å². The Bertz CT molecular complexity index is 836. The number of aromatic hydroxyl groups is 2. The second-order valence-corrected chi connectivity index (χ2v) is 5.12. The molecule has 0 heterocycles. The van der Waals surface area contributed by atoms with Crippen molar-refractivity contribution < 1.29 is 29.6 Å². The zero-order valence-electron chi connectivity index (χ0n) is 14.2. The van der Waals surface area contributed by atoms with Crippen LogP contribution in [0.3, 0.4) is 0 Å². The molecule has 0 unspecified atom stereocenters. The molecule has 3 N–H and O–H groups in total. The fourth-order valence-electron chi connectivity index (χ4n) is 2.13. The minimum Gasteiger partial charge on any atom is -0.507 e. The van der Waals surface area contributed by atoms with Crippen LogP contribution in [0.25, 0.3) is 0 Å². The number of phenols is 2. The molecule has 26 heavy (non-hydrogen) atoms. The topological polar surface area (TPSA) is 121 Å². The lowest BCUT2D eigenvalue weighted by Gasteiger charge is -2.08. The quantitative estimate of drug-likeness (QED) is 0.394. The summed E-state index contributed by atoms with van der Waals surface area (Å²) < 4.78 is 10.1. The molecule has 0 radical (unpaired) electrons. The Labute approximate surface area is 149 Å². The van der Waals surface area contributed by atoms with Crippen LogP contribution in [-0.2, 0) is 0 Å². The van der Waals surface area contributed by atoms with Crippen LogP contribution >= 0.6 is 0 Å². The Morgan fingerprint density at radius 1 is 1.00 bits per heavy atom. The highest BCUT2D eigenvalue weighted by molar-refractivity contribution is 6.00. The first kappa shape index (κ1) is 18.9. The Morgan fingerprint density at radius 2 is 1.58 bits per heavy atom. The van der Waals surface area contributed by atoms with Crippen molar-refractivity contribution >= 4 is 18.2 Å². The molecule has 0 bridgehead atoms. The first-order chi connectivity index (χ1) is 12.5. The third-order valence-electron chi connectivity index (χ3n) is 3.45. The van der Waals surface area contributed by atoms with Gasteiger partial charge in [-0.1, -0.05) is 0 Å². The van der Waals surface area contributed by atoms with Crippen LogP contribution in [0.5, 0.6) is 23.0 Å². The lowest BCUT2D eigenvalue weighted by Crippen LogP contribution is -2.05. The summed E-state index contributed by atoms with van der Waals surface area (Å²) in [6.07, 6.45) is 2.82. The Balaban J connectivity index is 2.19. The third kappa shape index (κ3) is 4.37. The highest BCUT2D eigenvalue weighted by atomic mass is 16.5. The van der Waals surface area contributed by atoms with Crippen molar-refractivity contribution in [3.8, 4) is 23.0 Å². The molecule has 0 amide bonds. The van der Waals surface area contributed by atoms with Gasteiger partial charge in [0.05, 0.1) is 32.2 Å². The molecule has 0 saturated heterocycles. The van der Waals surface area contributed by atoms with Gasteiger partial charge in [-0.05, 0) is 35.9 Å². The molecular formula is C18H18N2O6. The van der Waals surface area contributed by atoms with E-state index in [1.807, 2.05) is 0 Å². The number of methoxy groups -OCH3 is 2. The van der Waals surface area contributed by atoms with Crippen molar-refractivity contribution in [3.05, 3.63) is 47.0 Å². The van der Waals surface area contributed by atoms with Gasteiger partial charge in [-0.3, -0.25) is 4.79 Å². The molecule has 2 aromatic rings. The summed E-state index contributed by atoms with van der Waals surface area (Å²) in [6.45, 7) is -0.698. The Hall–Kier alpha value is -3.39. The number of benzene rings is 2. The molecule has 8 heteroatoms. The maximum atomic E-state index is 11.5. The zero-order chi connectivity index (χ0) is 19.1. The summed E-state index contributed by atoms with van der Waals surface area (Å²) in [5.41, 5.74) is 1.13. The van der Waals surface area contributed by atoms with E-state index in [2.05, 4.69) is 10.2 Å². The number of Topliss-reactive ketones (excluding diaryl/α,β-unsaturated/α-hetero) is 1. The molecule has 136 valence electrons. The first-order valence-corrected chi connectivity index (χ1v) is 7.48. The van der Waals surface area contributed by atoms with Crippen molar-refractivity contribution in [2.75, 3.05) is 20.8 Å². The maximum absolute atomic E-state index is 11.5. The average molecular weight is 358 g/mol. The zero-order valence-corrected chi connectivity index (χ0v) is 14.2. The fraction of sp³-hybridized carbons (Fsp3) is 0.167. The number of ether oxygens (including phenoxy) is 2. The fourth-order valence-corrected chi connectivity index (χ4v) is 2.13. The number of aliphatic hydroxyl groups excluding tert-OH is 1. The summed E-state index contributed by atoms with van der Waals surface area (Å²) in [7, 11) is 2.84. The van der Waals surface area contributed by atoms with E-state index < -0.39 is 12.4 Å². The predicted octanol–water partition coefficient (Wildman–Crippen LogP) is 1.74. The van der Waals surface area contributed by atoms with Crippen LogP contribution in [0, 0.1) is 0 Å². The van der Waals surface area contributed by atoms with E-state index in [0.29, 0.717) is 11.1 Å². The lowest BCUT2D eigenvalue weighted by atomic mass is 10.1. The second-order valence-electron chi connectivity index (χ2n) is 5.12. The van der Waals surface area contributed by atoms with Gasteiger partial charge in [0.25, 0.3) is 0 Å². The van der Waals surface area contributed by atoms with Gasteiger partial charge in [-0.2, -0.15) is 10.2 Å². The third-order valence-corrected chi connectivity index (χ3v) is 3.45. The summed E-state index contributed by atoms with van der Waals surface area (Å²) in [5.74, 6) is -0.445. The molecule has 0 spiro atoms. The molecular weight excluding hydrogens is 340 g/mol. The average Bonchev–Trinajstić information content (AvgIpc) is 2.66. The molecule has 0 saturated carbocycles. The predicted molar refractivity (Wildman–Crippen MR) is 95.9 cm³/mol. The molecule has 0 aromatic heterocycles. The molecule has 0 aliphatic rings. The smallest absolute Gasteiger partial charge is 0.200 e. The Morgan fingerprint density at radius 3 is 2.12 bits per heavy atom. The van der Waals surface area contributed by atoms with Gasteiger partial charge in [0.2, 0.25) is 5.75 Å². The highest BCUT2D eigenvalue weighted by Crippen LogP contribution is 2.36. The number of carbonyl (C=O) groups is 1. The monoisotopic (exact) mass is 358 g/mol. The van der Waals surface area contributed by atoms with Crippen molar-refractivity contribution in [3.63, 3.8) is 0 Å². The van der Waals surface area contributed by atoms with E-state index in [-0.39, 0.29) is 28.6 Å². The molecule has 2 aromatic carbocycles. The van der Waals surface area contributed by atoms with E-state index in [9.17, 15) is 15.0 Å². The molecule has 0 fully saturated rings. The number of aliphatic hydroxyl groups is 1.